The summed E-state index contributed by atoms with van der Waals surface area (Å²) in [5.74, 6) is 0.871. The number of hydrogen-bond donors (Lipinski definition) is 2. The number of nitrogens with zero attached hydrogens (tertiary/aromatic N) is 2. The number of nitrogens with one attached hydrogen (secondary N) is 2. The summed E-state index contributed by atoms with van der Waals surface area (Å²) in [6.07, 6.45) is 2.83. The SMILES string of the molecule is CCNC(=NCc1cccc(OCC)c1OC(F)F)NCc1ncc(CC)s1. The molecule has 6 nitrogen and oxygen atoms in total. The Balaban J connectivity index is 2.13. The number of rotatable bonds is 10. The Kier molecular flexibility index (Phi) is 8.93. The molecule has 9 heteroatoms. The number of thiazole rings is 1. The van der Waals surface area contributed by atoms with Crippen LogP contribution in [0, 0.1) is 0 Å². The lowest BCUT2D eigenvalue weighted by atomic mass is 10.2. The Hall–Kier alpha value is -2.42. The minimum Gasteiger partial charge on any atom is -0.490 e. The normalized spacial score (nSPS) is 11.6. The molecular weight excluding hydrogens is 386 g/mol. The van der Waals surface area contributed by atoms with Crippen LogP contribution in [0.1, 0.15) is 36.2 Å². The van der Waals surface area contributed by atoms with Crippen LogP contribution < -0.4 is 20.1 Å². The van der Waals surface area contributed by atoms with E-state index in [2.05, 4.69) is 32.3 Å². The Bertz CT molecular complexity index is 768. The fourth-order valence-electron chi connectivity index (χ4n) is 2.44. The van der Waals surface area contributed by atoms with E-state index in [1.807, 2.05) is 13.1 Å². The van der Waals surface area contributed by atoms with Gasteiger partial charge in [0, 0.05) is 23.2 Å². The van der Waals surface area contributed by atoms with Crippen molar-refractivity contribution in [2.75, 3.05) is 13.2 Å². The largest absolute Gasteiger partial charge is 0.490 e. The first-order chi connectivity index (χ1) is 13.6. The van der Waals surface area contributed by atoms with Gasteiger partial charge in [0.1, 0.15) is 5.01 Å². The molecule has 1 aromatic carbocycles. The number of aliphatic imine (C=N–C) groups is 1. The van der Waals surface area contributed by atoms with Gasteiger partial charge in [-0.05, 0) is 26.3 Å². The van der Waals surface area contributed by atoms with Gasteiger partial charge in [0.2, 0.25) is 0 Å². The van der Waals surface area contributed by atoms with Crippen molar-refractivity contribution in [3.05, 3.63) is 39.8 Å². The summed E-state index contributed by atoms with van der Waals surface area (Å²) in [6.45, 7) is 4.61. The minimum absolute atomic E-state index is 0.0199. The average molecular weight is 413 g/mol. The predicted octanol–water partition coefficient (Wildman–Crippen LogP) is 3.96. The van der Waals surface area contributed by atoms with Gasteiger partial charge in [-0.15, -0.1) is 11.3 Å². The lowest BCUT2D eigenvalue weighted by Crippen LogP contribution is -2.36. The van der Waals surface area contributed by atoms with Gasteiger partial charge in [0.05, 0.1) is 19.7 Å². The highest BCUT2D eigenvalue weighted by Gasteiger charge is 2.15. The van der Waals surface area contributed by atoms with Crippen LogP contribution in [0.25, 0.3) is 0 Å². The highest BCUT2D eigenvalue weighted by Crippen LogP contribution is 2.33. The van der Waals surface area contributed by atoms with E-state index in [4.69, 9.17) is 4.74 Å². The van der Waals surface area contributed by atoms with E-state index < -0.39 is 6.61 Å². The van der Waals surface area contributed by atoms with Crippen molar-refractivity contribution < 1.29 is 18.3 Å². The van der Waals surface area contributed by atoms with E-state index in [9.17, 15) is 8.78 Å². The van der Waals surface area contributed by atoms with Crippen molar-refractivity contribution in [2.45, 2.75) is 46.9 Å². The van der Waals surface area contributed by atoms with Crippen LogP contribution in [0.15, 0.2) is 29.4 Å². The number of aryl methyl sites for hydroxylation is 1. The van der Waals surface area contributed by atoms with Crippen LogP contribution in [0.3, 0.4) is 0 Å². The lowest BCUT2D eigenvalue weighted by Gasteiger charge is -2.15. The van der Waals surface area contributed by atoms with Crippen molar-refractivity contribution in [1.82, 2.24) is 15.6 Å². The zero-order chi connectivity index (χ0) is 20.4. The molecule has 1 aromatic heterocycles. The highest BCUT2D eigenvalue weighted by molar-refractivity contribution is 7.11. The Morgan fingerprint density at radius 2 is 2.07 bits per heavy atom. The molecule has 154 valence electrons. The van der Waals surface area contributed by atoms with Gasteiger partial charge in [-0.3, -0.25) is 0 Å². The maximum Gasteiger partial charge on any atom is 0.387 e. The number of hydrogen-bond acceptors (Lipinski definition) is 5. The molecule has 2 aromatic rings. The minimum atomic E-state index is -2.94. The third-order valence-corrected chi connectivity index (χ3v) is 4.82. The van der Waals surface area contributed by atoms with Crippen LogP contribution >= 0.6 is 11.3 Å². The quantitative estimate of drug-likeness (QED) is 0.457. The molecule has 0 amide bonds. The van der Waals surface area contributed by atoms with Crippen molar-refractivity contribution in [1.29, 1.82) is 0 Å². The molecule has 0 aliphatic heterocycles. The van der Waals surface area contributed by atoms with E-state index in [-0.39, 0.29) is 18.0 Å². The smallest absolute Gasteiger partial charge is 0.387 e. The second kappa shape index (κ2) is 11.4. The van der Waals surface area contributed by atoms with Crippen LogP contribution in [-0.2, 0) is 19.5 Å². The van der Waals surface area contributed by atoms with Gasteiger partial charge in [-0.2, -0.15) is 8.78 Å². The second-order valence-electron chi connectivity index (χ2n) is 5.68. The van der Waals surface area contributed by atoms with E-state index >= 15 is 0 Å². The first-order valence-corrected chi connectivity index (χ1v) is 10.0. The number of alkyl halides is 2. The van der Waals surface area contributed by atoms with E-state index in [1.165, 1.54) is 4.88 Å². The standard InChI is InChI=1S/C19H26F2N4O2S/c1-4-14-11-23-16(28-14)12-25-19(22-5-2)24-10-13-8-7-9-15(26-6-3)17(13)27-18(20)21/h7-9,11,18H,4-6,10,12H2,1-3H3,(H2,22,24,25). The maximum atomic E-state index is 12.8. The molecule has 1 heterocycles. The zero-order valence-corrected chi connectivity index (χ0v) is 17.1. The van der Waals surface area contributed by atoms with Gasteiger partial charge in [-0.1, -0.05) is 19.1 Å². The van der Waals surface area contributed by atoms with Crippen molar-refractivity contribution >= 4 is 17.3 Å². The Labute approximate surface area is 168 Å². The molecule has 0 aliphatic rings. The average Bonchev–Trinajstić information content (AvgIpc) is 3.14. The molecular formula is C19H26F2N4O2S. The zero-order valence-electron chi connectivity index (χ0n) is 16.3. The lowest BCUT2D eigenvalue weighted by molar-refractivity contribution is -0.0520. The summed E-state index contributed by atoms with van der Waals surface area (Å²) in [5.41, 5.74) is 0.519. The third kappa shape index (κ3) is 6.63. The van der Waals surface area contributed by atoms with Crippen molar-refractivity contribution in [3.8, 4) is 11.5 Å². The van der Waals surface area contributed by atoms with Gasteiger partial charge in [0.25, 0.3) is 0 Å². The number of para-hydroxylation sites is 1. The Morgan fingerprint density at radius 3 is 2.71 bits per heavy atom. The molecule has 0 radical (unpaired) electrons. The van der Waals surface area contributed by atoms with Gasteiger partial charge in [0.15, 0.2) is 17.5 Å². The molecule has 2 rings (SSSR count). The second-order valence-corrected chi connectivity index (χ2v) is 6.88. The van der Waals surface area contributed by atoms with E-state index in [1.54, 1.807) is 36.5 Å². The molecule has 0 spiro atoms. The molecule has 0 bridgehead atoms. The summed E-state index contributed by atoms with van der Waals surface area (Å²) >= 11 is 1.65. The Morgan fingerprint density at radius 1 is 1.25 bits per heavy atom. The topological polar surface area (TPSA) is 67.8 Å². The maximum absolute atomic E-state index is 12.8. The predicted molar refractivity (Wildman–Crippen MR) is 107 cm³/mol. The summed E-state index contributed by atoms with van der Waals surface area (Å²) in [4.78, 5) is 10.1. The fraction of sp³-hybridized carbons (Fsp3) is 0.474. The van der Waals surface area contributed by atoms with Gasteiger partial charge >= 0.3 is 6.61 Å². The molecule has 0 saturated heterocycles. The van der Waals surface area contributed by atoms with Crippen LogP contribution in [0.4, 0.5) is 8.78 Å². The fourth-order valence-corrected chi connectivity index (χ4v) is 3.24. The molecule has 0 saturated carbocycles. The summed E-state index contributed by atoms with van der Waals surface area (Å²) in [7, 11) is 0. The number of ether oxygens (including phenoxy) is 2. The highest BCUT2D eigenvalue weighted by atomic mass is 32.1. The molecule has 0 unspecified atom stereocenters. The van der Waals surface area contributed by atoms with Crippen LogP contribution in [0.2, 0.25) is 0 Å². The summed E-state index contributed by atoms with van der Waals surface area (Å²) in [5, 5.41) is 7.31. The molecule has 0 aliphatic carbocycles. The summed E-state index contributed by atoms with van der Waals surface area (Å²) < 4.78 is 35.8. The van der Waals surface area contributed by atoms with Gasteiger partial charge in [-0.25, -0.2) is 9.98 Å². The summed E-state index contributed by atoms with van der Waals surface area (Å²) in [6, 6.07) is 5.03. The van der Waals surface area contributed by atoms with E-state index in [0.29, 0.717) is 31.2 Å². The molecule has 2 N–H and O–H groups in total. The van der Waals surface area contributed by atoms with Crippen LogP contribution in [-0.4, -0.2) is 30.7 Å². The van der Waals surface area contributed by atoms with E-state index in [0.717, 1.165) is 11.4 Å². The van der Waals surface area contributed by atoms with Crippen LogP contribution in [0.5, 0.6) is 11.5 Å². The number of halogens is 2. The van der Waals surface area contributed by atoms with Crippen molar-refractivity contribution in [2.24, 2.45) is 4.99 Å². The third-order valence-electron chi connectivity index (χ3n) is 3.68. The molecule has 28 heavy (non-hydrogen) atoms. The monoisotopic (exact) mass is 412 g/mol. The first kappa shape index (κ1) is 21.9. The number of benzene rings is 1. The van der Waals surface area contributed by atoms with Gasteiger partial charge < -0.3 is 20.1 Å². The molecule has 0 atom stereocenters. The number of aromatic nitrogens is 1. The van der Waals surface area contributed by atoms with Crippen molar-refractivity contribution in [3.63, 3.8) is 0 Å². The first-order valence-electron chi connectivity index (χ1n) is 9.22. The number of guanidine groups is 1. The molecule has 0 fully saturated rings.